The molecule has 2 N–H and O–H groups in total. The fourth-order valence-electron chi connectivity index (χ4n) is 2.96. The summed E-state index contributed by atoms with van der Waals surface area (Å²) in [5, 5.41) is 7.29. The number of anilines is 2. The number of nitrogens with zero attached hydrogens (tertiary/aromatic N) is 3. The molecule has 1 aromatic carbocycles. The zero-order valence-corrected chi connectivity index (χ0v) is 17.5. The van der Waals surface area contributed by atoms with E-state index in [1.54, 1.807) is 10.7 Å². The van der Waals surface area contributed by atoms with Gasteiger partial charge in [0, 0.05) is 23.7 Å². The Labute approximate surface area is 164 Å². The summed E-state index contributed by atoms with van der Waals surface area (Å²) in [6, 6.07) is 5.68. The van der Waals surface area contributed by atoms with Crippen LogP contribution in [0.5, 0.6) is 0 Å². The van der Waals surface area contributed by atoms with E-state index < -0.39 is 0 Å². The van der Waals surface area contributed by atoms with Crippen molar-refractivity contribution in [3.05, 3.63) is 47.5 Å². The molecule has 0 aliphatic heterocycles. The second-order valence-electron chi connectivity index (χ2n) is 9.08. The molecule has 0 saturated carbocycles. The van der Waals surface area contributed by atoms with Crippen molar-refractivity contribution in [3.8, 4) is 0 Å². The summed E-state index contributed by atoms with van der Waals surface area (Å²) in [4.78, 5) is 18.4. The van der Waals surface area contributed by atoms with Gasteiger partial charge in [0.25, 0.3) is 5.91 Å². The summed E-state index contributed by atoms with van der Waals surface area (Å²) in [6.45, 7) is 12.8. The van der Waals surface area contributed by atoms with Crippen LogP contribution in [0.1, 0.15) is 57.6 Å². The molecule has 2 heterocycles. The number of nitrogens with one attached hydrogen (secondary N) is 2. The Morgan fingerprint density at radius 1 is 1.14 bits per heavy atom. The average molecular weight is 385 g/mol. The topological polar surface area (TPSA) is 65.4 Å². The molecule has 1 amide bonds. The summed E-state index contributed by atoms with van der Waals surface area (Å²) in [6.07, 6.45) is 1.55. The summed E-state index contributed by atoms with van der Waals surface area (Å²) in [7, 11) is 2.03. The van der Waals surface area contributed by atoms with Gasteiger partial charge in [-0.25, -0.2) is 4.39 Å². The Balaban J connectivity index is 2.08. The highest BCUT2D eigenvalue weighted by Gasteiger charge is 2.31. The first-order valence-electron chi connectivity index (χ1n) is 9.30. The van der Waals surface area contributed by atoms with Crippen molar-refractivity contribution in [2.75, 3.05) is 17.3 Å². The maximum absolute atomic E-state index is 13.1. The highest BCUT2D eigenvalue weighted by atomic mass is 19.1. The van der Waals surface area contributed by atoms with Crippen molar-refractivity contribution in [1.82, 2.24) is 14.6 Å². The number of imidazole rings is 1. The van der Waals surface area contributed by atoms with Crippen LogP contribution in [0.15, 0.2) is 30.5 Å². The lowest BCUT2D eigenvalue weighted by molar-refractivity contribution is 0.102. The molecule has 0 unspecified atom stereocenters. The van der Waals surface area contributed by atoms with Gasteiger partial charge in [0.05, 0.1) is 11.9 Å². The molecule has 0 aliphatic carbocycles. The molecule has 0 radical (unpaired) electrons. The van der Waals surface area contributed by atoms with E-state index in [4.69, 9.17) is 0 Å². The van der Waals surface area contributed by atoms with Crippen molar-refractivity contribution < 1.29 is 9.18 Å². The number of fused-ring (bicyclic) bond motifs is 1. The minimum absolute atomic E-state index is 0.127. The second kappa shape index (κ2) is 6.65. The Morgan fingerprint density at radius 3 is 2.29 bits per heavy atom. The van der Waals surface area contributed by atoms with Gasteiger partial charge in [-0.1, -0.05) is 20.8 Å². The highest BCUT2D eigenvalue weighted by Crippen LogP contribution is 2.35. The quantitative estimate of drug-likeness (QED) is 0.693. The number of aromatic nitrogens is 3. The molecule has 0 fully saturated rings. The fourth-order valence-corrected chi connectivity index (χ4v) is 2.96. The van der Waals surface area contributed by atoms with Gasteiger partial charge in [0.1, 0.15) is 17.0 Å². The number of hydrogen-bond acceptors (Lipinski definition) is 3. The van der Waals surface area contributed by atoms with Gasteiger partial charge in [-0.2, -0.15) is 9.61 Å². The molecule has 3 rings (SSSR count). The maximum atomic E-state index is 13.1. The second-order valence-corrected chi connectivity index (χ2v) is 9.08. The Bertz CT molecular complexity index is 1000. The van der Waals surface area contributed by atoms with E-state index in [-0.39, 0.29) is 22.7 Å². The minimum Gasteiger partial charge on any atom is -0.353 e. The van der Waals surface area contributed by atoms with Crippen LogP contribution in [0.3, 0.4) is 0 Å². The molecular formula is C21H28FN5O. The minimum atomic E-state index is -0.347. The van der Waals surface area contributed by atoms with E-state index in [1.165, 1.54) is 24.3 Å². The normalized spacial score (nSPS) is 12.4. The smallest absolute Gasteiger partial charge is 0.261 e. The van der Waals surface area contributed by atoms with E-state index >= 15 is 0 Å². The van der Waals surface area contributed by atoms with Crippen LogP contribution in [-0.2, 0) is 5.41 Å². The monoisotopic (exact) mass is 385 g/mol. The Kier molecular flexibility index (Phi) is 4.73. The average Bonchev–Trinajstić information content (AvgIpc) is 3.13. The largest absolute Gasteiger partial charge is 0.353 e. The van der Waals surface area contributed by atoms with E-state index in [1.807, 2.05) is 7.05 Å². The van der Waals surface area contributed by atoms with Gasteiger partial charge >= 0.3 is 0 Å². The number of amides is 1. The molecule has 7 heteroatoms. The number of hydrogen-bond donors (Lipinski definition) is 2. The van der Waals surface area contributed by atoms with E-state index in [9.17, 15) is 9.18 Å². The third kappa shape index (κ3) is 3.61. The standard InChI is InChI=1S/C21H28FN5O/c1-20(2,3)16-19(26(7)21(4,5)6)27-17(25-16)15(12-23-27)18(28)24-14-10-8-13(22)9-11-14/h8-12,25H,1-7H3,(H,24,28). The SMILES string of the molecule is CN(c1c(C(C)(C)C)[nH]c2c(C(=O)Nc3ccc(F)cc3)cnn12)C(C)(C)C. The molecule has 0 bridgehead atoms. The lowest BCUT2D eigenvalue weighted by Crippen LogP contribution is -2.40. The summed E-state index contributed by atoms with van der Waals surface area (Å²) >= 11 is 0. The first-order chi connectivity index (χ1) is 12.9. The van der Waals surface area contributed by atoms with Crippen LogP contribution < -0.4 is 10.2 Å². The van der Waals surface area contributed by atoms with E-state index in [0.717, 1.165) is 11.5 Å². The van der Waals surface area contributed by atoms with Crippen LogP contribution >= 0.6 is 0 Å². The summed E-state index contributed by atoms with van der Waals surface area (Å²) in [5.74, 6) is 0.282. The number of rotatable bonds is 3. The van der Waals surface area contributed by atoms with Gasteiger partial charge in [-0.15, -0.1) is 0 Å². The molecule has 0 atom stereocenters. The van der Waals surface area contributed by atoms with Crippen LogP contribution in [-0.4, -0.2) is 33.1 Å². The number of aromatic amines is 1. The van der Waals surface area contributed by atoms with E-state index in [2.05, 4.69) is 61.8 Å². The Morgan fingerprint density at radius 2 is 1.75 bits per heavy atom. The van der Waals surface area contributed by atoms with Gasteiger partial charge in [0.15, 0.2) is 5.82 Å². The third-order valence-electron chi connectivity index (χ3n) is 4.86. The number of benzene rings is 1. The molecule has 0 spiro atoms. The zero-order valence-electron chi connectivity index (χ0n) is 17.5. The molecule has 150 valence electrons. The fraction of sp³-hybridized carbons (Fsp3) is 0.429. The van der Waals surface area contributed by atoms with Crippen LogP contribution in [0.25, 0.3) is 5.65 Å². The predicted molar refractivity (Wildman–Crippen MR) is 111 cm³/mol. The summed E-state index contributed by atoms with van der Waals surface area (Å²) < 4.78 is 14.9. The first-order valence-corrected chi connectivity index (χ1v) is 9.30. The third-order valence-corrected chi connectivity index (χ3v) is 4.86. The molecule has 3 aromatic rings. The number of halogens is 1. The lowest BCUT2D eigenvalue weighted by atomic mass is 9.91. The highest BCUT2D eigenvalue weighted by molar-refractivity contribution is 6.08. The van der Waals surface area contributed by atoms with Gasteiger partial charge in [-0.3, -0.25) is 4.79 Å². The van der Waals surface area contributed by atoms with Crippen LogP contribution in [0.2, 0.25) is 0 Å². The molecule has 0 saturated heterocycles. The molecule has 6 nitrogen and oxygen atoms in total. The molecule has 0 aliphatic rings. The summed E-state index contributed by atoms with van der Waals surface area (Å²) in [5.41, 5.74) is 2.31. The van der Waals surface area contributed by atoms with E-state index in [0.29, 0.717) is 16.9 Å². The number of carbonyl (C=O) groups excluding carboxylic acids is 1. The van der Waals surface area contributed by atoms with Gasteiger partial charge in [0.2, 0.25) is 0 Å². The van der Waals surface area contributed by atoms with Crippen LogP contribution in [0.4, 0.5) is 15.9 Å². The van der Waals surface area contributed by atoms with Crippen molar-refractivity contribution in [2.45, 2.75) is 52.5 Å². The van der Waals surface area contributed by atoms with Crippen molar-refractivity contribution >= 4 is 23.1 Å². The molecular weight excluding hydrogens is 357 g/mol. The van der Waals surface area contributed by atoms with Crippen molar-refractivity contribution in [2.24, 2.45) is 0 Å². The lowest BCUT2D eigenvalue weighted by Gasteiger charge is -2.35. The van der Waals surface area contributed by atoms with Gasteiger partial charge < -0.3 is 15.2 Å². The van der Waals surface area contributed by atoms with Gasteiger partial charge in [-0.05, 0) is 45.0 Å². The van der Waals surface area contributed by atoms with Crippen molar-refractivity contribution in [1.29, 1.82) is 0 Å². The maximum Gasteiger partial charge on any atom is 0.261 e. The first kappa shape index (κ1) is 19.9. The van der Waals surface area contributed by atoms with Crippen LogP contribution in [0, 0.1) is 5.82 Å². The molecule has 2 aromatic heterocycles. The predicted octanol–water partition coefficient (Wildman–Crippen LogP) is 4.59. The zero-order chi connectivity index (χ0) is 20.9. The Hall–Kier alpha value is -2.83. The number of H-pyrrole nitrogens is 1. The number of carbonyl (C=O) groups is 1. The molecule has 28 heavy (non-hydrogen) atoms. The van der Waals surface area contributed by atoms with Crippen molar-refractivity contribution in [3.63, 3.8) is 0 Å².